The summed E-state index contributed by atoms with van der Waals surface area (Å²) in [6.45, 7) is 5.26. The SMILES string of the molecule is Cc1noc(C)c1CN1C(=O)[C@@H]2CC[C@H]1CN(C(=O)c1ccccn1)C2. The highest BCUT2D eigenvalue weighted by atomic mass is 16.5. The Labute approximate surface area is 152 Å². The van der Waals surface area contributed by atoms with E-state index in [1.807, 2.05) is 24.8 Å². The lowest BCUT2D eigenvalue weighted by molar-refractivity contribution is -0.140. The van der Waals surface area contributed by atoms with Crippen LogP contribution in [0.25, 0.3) is 0 Å². The molecule has 0 spiro atoms. The van der Waals surface area contributed by atoms with Gasteiger partial charge in [-0.1, -0.05) is 11.2 Å². The van der Waals surface area contributed by atoms with Crippen molar-refractivity contribution in [3.8, 4) is 0 Å². The largest absolute Gasteiger partial charge is 0.361 e. The number of nitrogens with zero attached hydrogens (tertiary/aromatic N) is 4. The summed E-state index contributed by atoms with van der Waals surface area (Å²) >= 11 is 0. The summed E-state index contributed by atoms with van der Waals surface area (Å²) in [6, 6.07) is 5.33. The number of hydrogen-bond donors (Lipinski definition) is 0. The van der Waals surface area contributed by atoms with Crippen LogP contribution in [0.2, 0.25) is 0 Å². The summed E-state index contributed by atoms with van der Waals surface area (Å²) in [4.78, 5) is 33.7. The second kappa shape index (κ2) is 6.55. The zero-order valence-corrected chi connectivity index (χ0v) is 15.0. The van der Waals surface area contributed by atoms with Crippen molar-refractivity contribution in [3.63, 3.8) is 0 Å². The Kier molecular flexibility index (Phi) is 4.22. The molecule has 3 aliphatic rings. The number of carbonyl (C=O) groups excluding carboxylic acids is 2. The standard InChI is InChI=1S/C19H22N4O3/c1-12-16(13(2)26-21-12)11-23-15-7-6-14(18(23)24)9-22(10-15)19(25)17-5-3-4-8-20-17/h3-5,8,14-15H,6-7,9-11H2,1-2H3/t14-,15+/m1/s1. The molecule has 7 nitrogen and oxygen atoms in total. The number of carbonyl (C=O) groups is 2. The van der Waals surface area contributed by atoms with Gasteiger partial charge < -0.3 is 14.3 Å². The highest BCUT2D eigenvalue weighted by molar-refractivity contribution is 5.93. The molecule has 2 aromatic heterocycles. The van der Waals surface area contributed by atoms with Gasteiger partial charge in [-0.15, -0.1) is 0 Å². The van der Waals surface area contributed by atoms with Crippen molar-refractivity contribution in [2.24, 2.45) is 5.92 Å². The zero-order valence-electron chi connectivity index (χ0n) is 15.0. The number of fused-ring (bicyclic) bond motifs is 4. The fourth-order valence-corrected chi connectivity index (χ4v) is 3.96. The molecule has 3 saturated heterocycles. The lowest BCUT2D eigenvalue weighted by Crippen LogP contribution is -2.47. The lowest BCUT2D eigenvalue weighted by atomic mass is 9.93. The van der Waals surface area contributed by atoms with Crippen LogP contribution in [0.1, 0.15) is 40.3 Å². The third-order valence-corrected chi connectivity index (χ3v) is 5.47. The number of amides is 2. The van der Waals surface area contributed by atoms with Crippen LogP contribution in [0.3, 0.4) is 0 Å². The maximum atomic E-state index is 13.0. The molecule has 0 N–H and O–H groups in total. The molecular weight excluding hydrogens is 332 g/mol. The van der Waals surface area contributed by atoms with E-state index < -0.39 is 0 Å². The Morgan fingerprint density at radius 1 is 1.27 bits per heavy atom. The van der Waals surface area contributed by atoms with Crippen molar-refractivity contribution in [1.82, 2.24) is 19.9 Å². The van der Waals surface area contributed by atoms with E-state index in [1.165, 1.54) is 0 Å². The van der Waals surface area contributed by atoms with E-state index in [2.05, 4.69) is 10.1 Å². The Morgan fingerprint density at radius 3 is 2.81 bits per heavy atom. The molecule has 2 bridgehead atoms. The Bertz CT molecular complexity index is 813. The summed E-state index contributed by atoms with van der Waals surface area (Å²) in [5, 5.41) is 3.99. The van der Waals surface area contributed by atoms with Gasteiger partial charge in [-0.25, -0.2) is 0 Å². The Hall–Kier alpha value is -2.70. The van der Waals surface area contributed by atoms with Crippen LogP contribution in [0.5, 0.6) is 0 Å². The first-order valence-corrected chi connectivity index (χ1v) is 8.97. The van der Waals surface area contributed by atoms with Gasteiger partial charge in [0.1, 0.15) is 11.5 Å². The van der Waals surface area contributed by atoms with E-state index in [0.717, 1.165) is 29.9 Å². The van der Waals surface area contributed by atoms with E-state index in [-0.39, 0.29) is 23.8 Å². The number of aryl methyl sites for hydroxylation is 2. The normalized spacial score (nSPS) is 22.6. The van der Waals surface area contributed by atoms with Crippen molar-refractivity contribution in [2.75, 3.05) is 13.1 Å². The van der Waals surface area contributed by atoms with Crippen LogP contribution in [0.4, 0.5) is 0 Å². The minimum Gasteiger partial charge on any atom is -0.361 e. The topological polar surface area (TPSA) is 79.5 Å². The lowest BCUT2D eigenvalue weighted by Gasteiger charge is -2.35. The van der Waals surface area contributed by atoms with Gasteiger partial charge in [0.2, 0.25) is 5.91 Å². The monoisotopic (exact) mass is 354 g/mol. The fraction of sp³-hybridized carbons (Fsp3) is 0.474. The number of pyridine rings is 1. The van der Waals surface area contributed by atoms with Crippen LogP contribution >= 0.6 is 0 Å². The molecule has 3 aliphatic heterocycles. The van der Waals surface area contributed by atoms with Gasteiger partial charge in [-0.2, -0.15) is 0 Å². The molecule has 3 fully saturated rings. The average Bonchev–Trinajstić information content (AvgIpc) is 2.82. The Morgan fingerprint density at radius 2 is 2.12 bits per heavy atom. The van der Waals surface area contributed by atoms with Crippen LogP contribution in [-0.2, 0) is 11.3 Å². The molecule has 0 aromatic carbocycles. The van der Waals surface area contributed by atoms with Gasteiger partial charge in [0.25, 0.3) is 5.91 Å². The number of hydrogen-bond acceptors (Lipinski definition) is 5. The predicted molar refractivity (Wildman–Crippen MR) is 93.2 cm³/mol. The number of aromatic nitrogens is 2. The molecule has 2 aromatic rings. The first-order chi connectivity index (χ1) is 12.5. The Balaban J connectivity index is 1.58. The molecule has 5 rings (SSSR count). The van der Waals surface area contributed by atoms with E-state index in [4.69, 9.17) is 4.52 Å². The van der Waals surface area contributed by atoms with Crippen LogP contribution in [0, 0.1) is 19.8 Å². The minimum atomic E-state index is -0.151. The summed E-state index contributed by atoms with van der Waals surface area (Å²) in [5.74, 6) is 0.616. The third-order valence-electron chi connectivity index (χ3n) is 5.47. The van der Waals surface area contributed by atoms with Crippen LogP contribution < -0.4 is 0 Å². The fourth-order valence-electron chi connectivity index (χ4n) is 3.96. The van der Waals surface area contributed by atoms with Crippen molar-refractivity contribution in [3.05, 3.63) is 47.1 Å². The molecule has 0 saturated carbocycles. The molecule has 136 valence electrons. The van der Waals surface area contributed by atoms with E-state index >= 15 is 0 Å². The van der Waals surface area contributed by atoms with Gasteiger partial charge in [0.05, 0.1) is 18.2 Å². The molecule has 0 aliphatic carbocycles. The maximum Gasteiger partial charge on any atom is 0.272 e. The molecule has 7 heteroatoms. The second-order valence-corrected chi connectivity index (χ2v) is 7.12. The highest BCUT2D eigenvalue weighted by Gasteiger charge is 2.42. The van der Waals surface area contributed by atoms with Gasteiger partial charge in [-0.3, -0.25) is 14.6 Å². The third kappa shape index (κ3) is 2.87. The van der Waals surface area contributed by atoms with Crippen molar-refractivity contribution < 1.29 is 14.1 Å². The summed E-state index contributed by atoms with van der Waals surface area (Å²) in [5.41, 5.74) is 2.21. The van der Waals surface area contributed by atoms with E-state index in [9.17, 15) is 9.59 Å². The molecule has 0 unspecified atom stereocenters. The minimum absolute atomic E-state index is 0.0163. The number of rotatable bonds is 3. The molecule has 2 atom stereocenters. The van der Waals surface area contributed by atoms with Crippen LogP contribution in [0.15, 0.2) is 28.9 Å². The zero-order chi connectivity index (χ0) is 18.3. The van der Waals surface area contributed by atoms with Crippen molar-refractivity contribution in [1.29, 1.82) is 0 Å². The van der Waals surface area contributed by atoms with Gasteiger partial charge in [0, 0.05) is 30.9 Å². The van der Waals surface area contributed by atoms with Gasteiger partial charge in [-0.05, 0) is 38.8 Å². The molecule has 26 heavy (non-hydrogen) atoms. The summed E-state index contributed by atoms with van der Waals surface area (Å²) in [6.07, 6.45) is 3.36. The molecule has 5 heterocycles. The van der Waals surface area contributed by atoms with Gasteiger partial charge in [0.15, 0.2) is 0 Å². The summed E-state index contributed by atoms with van der Waals surface area (Å²) in [7, 11) is 0. The predicted octanol–water partition coefficient (Wildman–Crippen LogP) is 1.95. The van der Waals surface area contributed by atoms with Gasteiger partial charge >= 0.3 is 0 Å². The maximum absolute atomic E-state index is 13.0. The van der Waals surface area contributed by atoms with Crippen LogP contribution in [-0.4, -0.2) is 50.9 Å². The average molecular weight is 354 g/mol. The van der Waals surface area contributed by atoms with E-state index in [0.29, 0.717) is 25.3 Å². The second-order valence-electron chi connectivity index (χ2n) is 7.12. The van der Waals surface area contributed by atoms with Crippen molar-refractivity contribution >= 4 is 11.8 Å². The smallest absolute Gasteiger partial charge is 0.272 e. The summed E-state index contributed by atoms with van der Waals surface area (Å²) < 4.78 is 5.24. The molecule has 0 radical (unpaired) electrons. The molecular formula is C19H22N4O3. The number of piperidine rings is 1. The van der Waals surface area contributed by atoms with E-state index in [1.54, 1.807) is 23.2 Å². The van der Waals surface area contributed by atoms with Crippen molar-refractivity contribution in [2.45, 2.75) is 39.3 Å². The molecule has 2 amide bonds. The quantitative estimate of drug-likeness (QED) is 0.842. The first kappa shape index (κ1) is 16.8. The first-order valence-electron chi connectivity index (χ1n) is 8.97. The highest BCUT2D eigenvalue weighted by Crippen LogP contribution is 2.31.